The molecule has 0 aromatic carbocycles. The molecule has 12 nitrogen and oxygen atoms in total. The van der Waals surface area contributed by atoms with E-state index in [-0.39, 0.29) is 18.0 Å². The third kappa shape index (κ3) is 3.25. The lowest BCUT2D eigenvalue weighted by Crippen LogP contribution is -2.58. The molecular formula is C13H22N5O7P. The molecule has 3 rings (SSSR count). The smallest absolute Gasteiger partial charge is 0.394 e. The van der Waals surface area contributed by atoms with Gasteiger partial charge in [-0.25, -0.2) is 9.55 Å². The summed E-state index contributed by atoms with van der Waals surface area (Å²) in [4.78, 5) is 38.1. The lowest BCUT2D eigenvalue weighted by atomic mass is 10.2. The molecule has 26 heavy (non-hydrogen) atoms. The van der Waals surface area contributed by atoms with Crippen molar-refractivity contribution in [1.82, 2.24) is 19.8 Å². The monoisotopic (exact) mass is 391 g/mol. The molecule has 0 aliphatic carbocycles. The van der Waals surface area contributed by atoms with Crippen molar-refractivity contribution in [3.63, 3.8) is 0 Å². The Labute approximate surface area is 149 Å². The summed E-state index contributed by atoms with van der Waals surface area (Å²) in [5.41, 5.74) is 0.241. The summed E-state index contributed by atoms with van der Waals surface area (Å²) >= 11 is 0. The summed E-state index contributed by atoms with van der Waals surface area (Å²) in [5.74, 6) is 0.238. The Bertz CT molecular complexity index is 736. The number of aliphatic hydroxyl groups excluding tert-OH is 1. The minimum absolute atomic E-state index is 0.0846. The van der Waals surface area contributed by atoms with E-state index in [4.69, 9.17) is 19.0 Å². The average molecular weight is 391 g/mol. The van der Waals surface area contributed by atoms with Crippen molar-refractivity contribution in [2.75, 3.05) is 32.6 Å². The Morgan fingerprint density at radius 2 is 2.12 bits per heavy atom. The maximum absolute atomic E-state index is 12.5. The van der Waals surface area contributed by atoms with Gasteiger partial charge >= 0.3 is 7.82 Å². The Kier molecular flexibility index (Phi) is 5.10. The first-order valence-electron chi connectivity index (χ1n) is 7.92. The van der Waals surface area contributed by atoms with E-state index in [0.717, 1.165) is 0 Å². The SMILES string of the molecule is CNC1N(C)C(=O)c2ncn([C@H]3C[C@H](OP(=O)(O)O)[C@@H](CO)O3)c2N1C. The minimum Gasteiger partial charge on any atom is -0.394 e. The number of hydrogen-bond acceptors (Lipinski definition) is 8. The quantitative estimate of drug-likeness (QED) is 0.445. The van der Waals surface area contributed by atoms with Crippen molar-refractivity contribution >= 4 is 19.5 Å². The van der Waals surface area contributed by atoms with Crippen molar-refractivity contribution in [3.05, 3.63) is 12.0 Å². The molecule has 1 fully saturated rings. The van der Waals surface area contributed by atoms with Crippen LogP contribution in [0.15, 0.2) is 6.33 Å². The van der Waals surface area contributed by atoms with Gasteiger partial charge in [-0.15, -0.1) is 0 Å². The van der Waals surface area contributed by atoms with Gasteiger partial charge in [-0.2, -0.15) is 0 Å². The van der Waals surface area contributed by atoms with Crippen molar-refractivity contribution in [2.24, 2.45) is 0 Å². The lowest BCUT2D eigenvalue weighted by molar-refractivity contribution is -0.0435. The number of phosphoric acid groups is 1. The molecule has 3 heterocycles. The minimum atomic E-state index is -4.73. The van der Waals surface area contributed by atoms with Crippen LogP contribution in [0, 0.1) is 0 Å². The topological polar surface area (TPSA) is 150 Å². The number of amides is 1. The van der Waals surface area contributed by atoms with Crippen LogP contribution in [-0.4, -0.2) is 81.5 Å². The highest BCUT2D eigenvalue weighted by atomic mass is 31.2. The van der Waals surface area contributed by atoms with Gasteiger partial charge in [0.25, 0.3) is 5.91 Å². The van der Waals surface area contributed by atoms with Gasteiger partial charge in [0.2, 0.25) is 0 Å². The van der Waals surface area contributed by atoms with Crippen LogP contribution < -0.4 is 10.2 Å². The fourth-order valence-electron chi connectivity index (χ4n) is 3.43. The van der Waals surface area contributed by atoms with Gasteiger partial charge in [0, 0.05) is 20.5 Å². The van der Waals surface area contributed by atoms with Gasteiger partial charge in [-0.05, 0) is 7.05 Å². The van der Waals surface area contributed by atoms with Crippen molar-refractivity contribution < 1.29 is 33.5 Å². The highest BCUT2D eigenvalue weighted by Gasteiger charge is 2.43. The molecule has 1 amide bonds. The molecule has 4 atom stereocenters. The zero-order chi connectivity index (χ0) is 19.2. The summed E-state index contributed by atoms with van der Waals surface area (Å²) in [6, 6.07) is 0. The van der Waals surface area contributed by atoms with Gasteiger partial charge in [0.15, 0.2) is 12.0 Å². The Morgan fingerprint density at radius 1 is 1.42 bits per heavy atom. The van der Waals surface area contributed by atoms with Crippen LogP contribution in [0.3, 0.4) is 0 Å². The lowest BCUT2D eigenvalue weighted by Gasteiger charge is -2.40. The molecule has 146 valence electrons. The predicted molar refractivity (Wildman–Crippen MR) is 88.1 cm³/mol. The number of carbonyl (C=O) groups is 1. The van der Waals surface area contributed by atoms with E-state index in [1.54, 1.807) is 30.6 Å². The van der Waals surface area contributed by atoms with Gasteiger partial charge in [0.1, 0.15) is 24.3 Å². The molecule has 0 spiro atoms. The summed E-state index contributed by atoms with van der Waals surface area (Å²) in [5, 5.41) is 12.5. The highest BCUT2D eigenvalue weighted by molar-refractivity contribution is 7.46. The number of rotatable bonds is 5. The number of hydrogen-bond donors (Lipinski definition) is 4. The predicted octanol–water partition coefficient (Wildman–Crippen LogP) is -1.33. The number of fused-ring (bicyclic) bond motifs is 1. The summed E-state index contributed by atoms with van der Waals surface area (Å²) in [7, 11) is 0.416. The van der Waals surface area contributed by atoms with E-state index in [0.29, 0.717) is 5.82 Å². The number of phosphoric ester groups is 1. The second-order valence-electron chi connectivity index (χ2n) is 6.20. The van der Waals surface area contributed by atoms with Crippen LogP contribution in [0.5, 0.6) is 0 Å². The second-order valence-corrected chi connectivity index (χ2v) is 7.39. The number of nitrogens with one attached hydrogen (secondary N) is 1. The average Bonchev–Trinajstić information content (AvgIpc) is 3.15. The first-order valence-corrected chi connectivity index (χ1v) is 9.45. The van der Waals surface area contributed by atoms with E-state index in [2.05, 4.69) is 10.3 Å². The van der Waals surface area contributed by atoms with Gasteiger partial charge in [0.05, 0.1) is 12.9 Å². The zero-order valence-electron chi connectivity index (χ0n) is 14.5. The number of carbonyl (C=O) groups excluding carboxylic acids is 1. The third-order valence-corrected chi connectivity index (χ3v) is 5.11. The molecule has 1 unspecified atom stereocenters. The molecule has 1 aromatic rings. The van der Waals surface area contributed by atoms with Crippen molar-refractivity contribution in [3.8, 4) is 0 Å². The Morgan fingerprint density at radius 3 is 2.69 bits per heavy atom. The normalized spacial score (nSPS) is 29.4. The van der Waals surface area contributed by atoms with Crippen molar-refractivity contribution in [2.45, 2.75) is 31.1 Å². The van der Waals surface area contributed by atoms with E-state index in [1.165, 1.54) is 11.2 Å². The second kappa shape index (κ2) is 6.89. The van der Waals surface area contributed by atoms with Gasteiger partial charge < -0.3 is 29.4 Å². The Hall–Kier alpha value is -1.53. The molecule has 2 aliphatic rings. The number of aliphatic hydroxyl groups is 1. The number of nitrogens with zero attached hydrogens (tertiary/aromatic N) is 4. The summed E-state index contributed by atoms with van der Waals surface area (Å²) < 4.78 is 23.2. The Balaban J connectivity index is 1.92. The van der Waals surface area contributed by atoms with E-state index in [1.807, 2.05) is 0 Å². The first kappa shape index (κ1) is 19.2. The van der Waals surface area contributed by atoms with Crippen LogP contribution in [-0.2, 0) is 13.8 Å². The van der Waals surface area contributed by atoms with Gasteiger partial charge in [-0.3, -0.25) is 19.2 Å². The fraction of sp³-hybridized carbons (Fsp3) is 0.692. The van der Waals surface area contributed by atoms with Gasteiger partial charge in [-0.1, -0.05) is 0 Å². The summed E-state index contributed by atoms with van der Waals surface area (Å²) in [6.45, 7) is -0.464. The number of ether oxygens (including phenoxy) is 1. The molecule has 1 aromatic heterocycles. The maximum Gasteiger partial charge on any atom is 0.469 e. The molecule has 4 N–H and O–H groups in total. The van der Waals surface area contributed by atoms with E-state index in [9.17, 15) is 14.5 Å². The van der Waals surface area contributed by atoms with Crippen LogP contribution in [0.25, 0.3) is 0 Å². The number of imidazole rings is 1. The third-order valence-electron chi connectivity index (χ3n) is 4.56. The molecule has 0 radical (unpaired) electrons. The van der Waals surface area contributed by atoms with E-state index < -0.39 is 39.2 Å². The number of aromatic nitrogens is 2. The van der Waals surface area contributed by atoms with Crippen LogP contribution in [0.2, 0.25) is 0 Å². The summed E-state index contributed by atoms with van der Waals surface area (Å²) in [6.07, 6.45) is -1.47. The van der Waals surface area contributed by atoms with Crippen molar-refractivity contribution in [1.29, 1.82) is 0 Å². The highest BCUT2D eigenvalue weighted by Crippen LogP contribution is 2.44. The number of anilines is 1. The van der Waals surface area contributed by atoms with Crippen LogP contribution in [0.1, 0.15) is 23.1 Å². The van der Waals surface area contributed by atoms with E-state index >= 15 is 0 Å². The largest absolute Gasteiger partial charge is 0.469 e. The molecule has 13 heteroatoms. The molecule has 0 bridgehead atoms. The maximum atomic E-state index is 12.5. The van der Waals surface area contributed by atoms with Crippen LogP contribution >= 0.6 is 7.82 Å². The first-order chi connectivity index (χ1) is 12.2. The molecule has 0 saturated carbocycles. The molecule has 2 aliphatic heterocycles. The zero-order valence-corrected chi connectivity index (χ0v) is 15.4. The molecular weight excluding hydrogens is 369 g/mol. The fourth-order valence-corrected chi connectivity index (χ4v) is 4.00. The molecule has 1 saturated heterocycles. The van der Waals surface area contributed by atoms with Crippen LogP contribution in [0.4, 0.5) is 5.82 Å². The standard InChI is InChI=1S/C13H22N5O7P/c1-14-13-16(2)11-10(12(20)17(13)3)15-6-18(11)9-4-7(8(5-19)24-9)25-26(21,22)23/h6-9,13-14,19H,4-5H2,1-3H3,(H2,21,22,23)/t7-,8+,9+,13?/m0/s1.